The molecule has 0 fully saturated rings. The highest BCUT2D eigenvalue weighted by atomic mass is 16.1. The van der Waals surface area contributed by atoms with Gasteiger partial charge in [0.05, 0.1) is 5.52 Å². The Labute approximate surface area is 135 Å². The van der Waals surface area contributed by atoms with E-state index in [9.17, 15) is 4.79 Å². The van der Waals surface area contributed by atoms with Crippen LogP contribution in [0, 0.1) is 5.92 Å². The molecule has 3 rings (SSSR count). The number of para-hydroxylation sites is 1. The molecule has 1 heterocycles. The molecule has 0 aliphatic carbocycles. The quantitative estimate of drug-likeness (QED) is 0.786. The van der Waals surface area contributed by atoms with Gasteiger partial charge in [-0.1, -0.05) is 49.4 Å². The van der Waals surface area contributed by atoms with Gasteiger partial charge in [-0.05, 0) is 36.6 Å². The van der Waals surface area contributed by atoms with Crippen LogP contribution in [-0.4, -0.2) is 20.9 Å². The maximum atomic E-state index is 12.5. The van der Waals surface area contributed by atoms with Gasteiger partial charge in [0.2, 0.25) is 0 Å². The van der Waals surface area contributed by atoms with Crippen LogP contribution in [0.15, 0.2) is 54.6 Å². The molecule has 0 saturated carbocycles. The van der Waals surface area contributed by atoms with E-state index < -0.39 is 0 Å². The number of nitrogens with one attached hydrogen (secondary N) is 1. The minimum Gasteiger partial charge on any atom is -0.330 e. The van der Waals surface area contributed by atoms with E-state index in [0.29, 0.717) is 11.5 Å². The topological polar surface area (TPSA) is 59.8 Å². The molecule has 1 amide bonds. The summed E-state index contributed by atoms with van der Waals surface area (Å²) in [5.74, 6) is 0.315. The number of carbonyl (C=O) groups is 1. The Balaban J connectivity index is 1.90. The summed E-state index contributed by atoms with van der Waals surface area (Å²) in [5, 5.41) is 11.5. The summed E-state index contributed by atoms with van der Waals surface area (Å²) in [5.41, 5.74) is 2.40. The first kappa shape index (κ1) is 15.2. The lowest BCUT2D eigenvalue weighted by Gasteiger charge is -2.21. The molecule has 118 valence electrons. The molecule has 23 heavy (non-hydrogen) atoms. The molecular weight excluding hydrogens is 288 g/mol. The van der Waals surface area contributed by atoms with E-state index in [-0.39, 0.29) is 12.1 Å². The molecule has 0 aliphatic rings. The van der Waals surface area contributed by atoms with Gasteiger partial charge in [0.25, 0.3) is 5.91 Å². The number of amides is 1. The normalized spacial score (nSPS) is 12.5. The zero-order valence-electron chi connectivity index (χ0n) is 13.3. The summed E-state index contributed by atoms with van der Waals surface area (Å²) in [6, 6.07) is 17.0. The molecular formula is C18H20N4O. The Morgan fingerprint density at radius 2 is 1.78 bits per heavy atom. The summed E-state index contributed by atoms with van der Waals surface area (Å²) >= 11 is 0. The number of fused-ring (bicyclic) bond motifs is 1. The average Bonchev–Trinajstić information content (AvgIpc) is 2.98. The lowest BCUT2D eigenvalue weighted by atomic mass is 10.1. The van der Waals surface area contributed by atoms with E-state index >= 15 is 0 Å². The van der Waals surface area contributed by atoms with Crippen molar-refractivity contribution >= 4 is 16.9 Å². The molecule has 0 radical (unpaired) electrons. The first-order chi connectivity index (χ1) is 11.1. The van der Waals surface area contributed by atoms with E-state index in [1.54, 1.807) is 16.8 Å². The van der Waals surface area contributed by atoms with Crippen LogP contribution in [-0.2, 0) is 0 Å². The first-order valence-electron chi connectivity index (χ1n) is 7.81. The van der Waals surface area contributed by atoms with Gasteiger partial charge in [-0.15, -0.1) is 5.10 Å². The molecule has 1 N–H and O–H groups in total. The Morgan fingerprint density at radius 3 is 2.52 bits per heavy atom. The molecule has 5 nitrogen and oxygen atoms in total. The van der Waals surface area contributed by atoms with Gasteiger partial charge in [0.15, 0.2) is 0 Å². The SMILES string of the molecule is CC(C)CC(NC(=O)c1ccccc1)n1nnc2ccccc21. The van der Waals surface area contributed by atoms with Crippen LogP contribution < -0.4 is 5.32 Å². The molecule has 1 unspecified atom stereocenters. The van der Waals surface area contributed by atoms with Gasteiger partial charge < -0.3 is 5.32 Å². The van der Waals surface area contributed by atoms with Gasteiger partial charge in [-0.2, -0.15) is 0 Å². The third-order valence-electron chi connectivity index (χ3n) is 3.70. The number of nitrogens with zero attached hydrogens (tertiary/aromatic N) is 3. The summed E-state index contributed by atoms with van der Waals surface area (Å²) in [7, 11) is 0. The molecule has 0 bridgehead atoms. The van der Waals surface area contributed by atoms with E-state index in [1.807, 2.05) is 42.5 Å². The van der Waals surface area contributed by atoms with E-state index in [1.165, 1.54) is 0 Å². The summed E-state index contributed by atoms with van der Waals surface area (Å²) in [4.78, 5) is 12.5. The van der Waals surface area contributed by atoms with Gasteiger partial charge in [0.1, 0.15) is 11.7 Å². The van der Waals surface area contributed by atoms with Crippen molar-refractivity contribution in [2.75, 3.05) is 0 Å². The number of carbonyl (C=O) groups excluding carboxylic acids is 1. The van der Waals surface area contributed by atoms with Crippen LogP contribution in [0.1, 0.15) is 36.8 Å². The fourth-order valence-electron chi connectivity index (χ4n) is 2.61. The first-order valence-corrected chi connectivity index (χ1v) is 7.81. The Kier molecular flexibility index (Phi) is 4.37. The summed E-state index contributed by atoms with van der Waals surface area (Å²) < 4.78 is 1.80. The third kappa shape index (κ3) is 3.39. The van der Waals surface area contributed by atoms with Crippen molar-refractivity contribution in [3.8, 4) is 0 Å². The van der Waals surface area contributed by atoms with Crippen LogP contribution in [0.25, 0.3) is 11.0 Å². The third-order valence-corrected chi connectivity index (χ3v) is 3.70. The Hall–Kier alpha value is -2.69. The highest BCUT2D eigenvalue weighted by molar-refractivity contribution is 5.94. The number of rotatable bonds is 5. The lowest BCUT2D eigenvalue weighted by molar-refractivity contribution is 0.0908. The molecule has 2 aromatic carbocycles. The monoisotopic (exact) mass is 308 g/mol. The zero-order chi connectivity index (χ0) is 16.2. The van der Waals surface area contributed by atoms with Gasteiger partial charge in [-0.25, -0.2) is 4.68 Å². The molecule has 1 aromatic heterocycles. The van der Waals surface area contributed by atoms with Crippen molar-refractivity contribution in [2.24, 2.45) is 5.92 Å². The second kappa shape index (κ2) is 6.60. The highest BCUT2D eigenvalue weighted by Gasteiger charge is 2.19. The molecule has 3 aromatic rings. The second-order valence-corrected chi connectivity index (χ2v) is 6.01. The smallest absolute Gasteiger partial charge is 0.252 e. The molecule has 0 aliphatic heterocycles. The minimum absolute atomic E-state index is 0.101. The number of hydrogen-bond donors (Lipinski definition) is 1. The maximum absolute atomic E-state index is 12.5. The molecule has 0 saturated heterocycles. The standard InChI is InChI=1S/C18H20N4O/c1-13(2)12-17(19-18(23)14-8-4-3-5-9-14)22-16-11-7-6-10-15(16)20-21-22/h3-11,13,17H,12H2,1-2H3,(H,19,23). The second-order valence-electron chi connectivity index (χ2n) is 6.01. The highest BCUT2D eigenvalue weighted by Crippen LogP contribution is 2.20. The fourth-order valence-corrected chi connectivity index (χ4v) is 2.61. The zero-order valence-corrected chi connectivity index (χ0v) is 13.3. The van der Waals surface area contributed by atoms with Crippen LogP contribution in [0.2, 0.25) is 0 Å². The Bertz CT molecular complexity index is 795. The van der Waals surface area contributed by atoms with E-state index in [0.717, 1.165) is 17.5 Å². The number of aromatic nitrogens is 3. The average molecular weight is 308 g/mol. The van der Waals surface area contributed by atoms with Crippen LogP contribution >= 0.6 is 0 Å². The Morgan fingerprint density at radius 1 is 1.09 bits per heavy atom. The largest absolute Gasteiger partial charge is 0.330 e. The van der Waals surface area contributed by atoms with Crippen LogP contribution in [0.3, 0.4) is 0 Å². The summed E-state index contributed by atoms with van der Waals surface area (Å²) in [6.45, 7) is 4.25. The van der Waals surface area contributed by atoms with E-state index in [4.69, 9.17) is 0 Å². The predicted octanol–water partition coefficient (Wildman–Crippen LogP) is 3.41. The predicted molar refractivity (Wildman–Crippen MR) is 89.9 cm³/mol. The van der Waals surface area contributed by atoms with Crippen molar-refractivity contribution in [1.29, 1.82) is 0 Å². The van der Waals surface area contributed by atoms with Crippen molar-refractivity contribution < 1.29 is 4.79 Å². The van der Waals surface area contributed by atoms with Gasteiger partial charge >= 0.3 is 0 Å². The van der Waals surface area contributed by atoms with Crippen molar-refractivity contribution in [1.82, 2.24) is 20.3 Å². The van der Waals surface area contributed by atoms with Gasteiger partial charge in [-0.3, -0.25) is 4.79 Å². The molecule has 1 atom stereocenters. The van der Waals surface area contributed by atoms with Crippen molar-refractivity contribution in [3.05, 3.63) is 60.2 Å². The minimum atomic E-state index is -0.227. The lowest BCUT2D eigenvalue weighted by Crippen LogP contribution is -2.34. The number of hydrogen-bond acceptors (Lipinski definition) is 3. The van der Waals surface area contributed by atoms with Crippen molar-refractivity contribution in [2.45, 2.75) is 26.4 Å². The van der Waals surface area contributed by atoms with Crippen LogP contribution in [0.5, 0.6) is 0 Å². The summed E-state index contributed by atoms with van der Waals surface area (Å²) in [6.07, 6.45) is 0.557. The van der Waals surface area contributed by atoms with E-state index in [2.05, 4.69) is 29.5 Å². The number of benzene rings is 2. The van der Waals surface area contributed by atoms with Crippen molar-refractivity contribution in [3.63, 3.8) is 0 Å². The fraction of sp³-hybridized carbons (Fsp3) is 0.278. The van der Waals surface area contributed by atoms with Gasteiger partial charge in [0, 0.05) is 5.56 Å². The molecule has 5 heteroatoms. The van der Waals surface area contributed by atoms with Crippen LogP contribution in [0.4, 0.5) is 0 Å². The molecule has 0 spiro atoms. The maximum Gasteiger partial charge on any atom is 0.252 e.